The molecule has 0 spiro atoms. The van der Waals surface area contributed by atoms with Crippen LogP contribution in [0.4, 0.5) is 5.95 Å². The quantitative estimate of drug-likeness (QED) is 0.374. The first-order chi connectivity index (χ1) is 16.8. The maximum atomic E-state index is 12.6. The average molecular weight is 470 g/mol. The predicted octanol–water partition coefficient (Wildman–Crippen LogP) is 4.10. The number of nitrogens with two attached hydrogens (primary N) is 1. The summed E-state index contributed by atoms with van der Waals surface area (Å²) >= 11 is 0. The number of hydrogen-bond acceptors (Lipinski definition) is 6. The third kappa shape index (κ3) is 5.73. The number of rotatable bonds is 7. The summed E-state index contributed by atoms with van der Waals surface area (Å²) in [5.41, 5.74) is 10.8. The fourth-order valence-electron chi connectivity index (χ4n) is 3.79. The molecule has 8 heteroatoms. The van der Waals surface area contributed by atoms with Crippen molar-refractivity contribution in [1.82, 2.24) is 20.3 Å². The number of aryl methyl sites for hydroxylation is 2. The molecule has 0 aliphatic heterocycles. The number of anilines is 1. The van der Waals surface area contributed by atoms with E-state index in [0.717, 1.165) is 27.9 Å². The van der Waals surface area contributed by atoms with Gasteiger partial charge < -0.3 is 20.8 Å². The van der Waals surface area contributed by atoms with Crippen molar-refractivity contribution < 1.29 is 9.53 Å². The maximum Gasteiger partial charge on any atom is 0.253 e. The molecule has 0 fully saturated rings. The van der Waals surface area contributed by atoms with Crippen molar-refractivity contribution in [2.75, 3.05) is 5.73 Å². The van der Waals surface area contributed by atoms with E-state index < -0.39 is 0 Å². The molecular formula is C27H27N5O3. The summed E-state index contributed by atoms with van der Waals surface area (Å²) in [5, 5.41) is 2.82. The SMILES string of the molecule is Cc1cc(C)c(CNC(=O)c2ccc(C(C)Oc3cccc(-c4cnc(N)nc4)c3)cc2)c(=O)[nH]1. The highest BCUT2D eigenvalue weighted by atomic mass is 16.5. The number of pyridine rings is 1. The van der Waals surface area contributed by atoms with Crippen molar-refractivity contribution in [3.05, 3.63) is 105 Å². The molecule has 4 aromatic rings. The first kappa shape index (κ1) is 23.7. The molecule has 4 N–H and O–H groups in total. The number of benzene rings is 2. The summed E-state index contributed by atoms with van der Waals surface area (Å²) < 4.78 is 6.12. The third-order valence-corrected chi connectivity index (χ3v) is 5.71. The zero-order valence-electron chi connectivity index (χ0n) is 19.8. The summed E-state index contributed by atoms with van der Waals surface area (Å²) in [5.74, 6) is 0.682. The fraction of sp³-hybridized carbons (Fsp3) is 0.185. The van der Waals surface area contributed by atoms with E-state index in [4.69, 9.17) is 10.5 Å². The number of aromatic nitrogens is 3. The number of nitrogen functional groups attached to an aromatic ring is 1. The van der Waals surface area contributed by atoms with Crippen molar-refractivity contribution in [3.63, 3.8) is 0 Å². The van der Waals surface area contributed by atoms with Crippen molar-refractivity contribution in [2.24, 2.45) is 0 Å². The minimum atomic E-state index is -0.247. The van der Waals surface area contributed by atoms with E-state index in [1.807, 2.05) is 63.2 Å². The minimum Gasteiger partial charge on any atom is -0.486 e. The lowest BCUT2D eigenvalue weighted by Crippen LogP contribution is -2.27. The average Bonchev–Trinajstić information content (AvgIpc) is 2.84. The largest absolute Gasteiger partial charge is 0.486 e. The standard InChI is InChI=1S/C27H27N5O3/c1-16-11-17(2)32-26(34)24(16)15-29-25(33)20-9-7-19(8-10-20)18(3)35-23-6-4-5-21(12-23)22-13-30-27(28)31-14-22/h4-14,18H,15H2,1-3H3,(H,29,33)(H,32,34)(H2,28,30,31). The van der Waals surface area contributed by atoms with Crippen LogP contribution < -0.4 is 21.3 Å². The second-order valence-electron chi connectivity index (χ2n) is 8.37. The Bertz CT molecular complexity index is 1400. The molecule has 0 aliphatic rings. The number of carbonyl (C=O) groups excluding carboxylic acids is 1. The van der Waals surface area contributed by atoms with Crippen LogP contribution in [0.3, 0.4) is 0 Å². The molecule has 1 unspecified atom stereocenters. The summed E-state index contributed by atoms with van der Waals surface area (Å²) in [7, 11) is 0. The number of hydrogen-bond donors (Lipinski definition) is 3. The molecule has 0 radical (unpaired) electrons. The summed E-state index contributed by atoms with van der Waals surface area (Å²) in [4.78, 5) is 35.6. The number of nitrogens with zero attached hydrogens (tertiary/aromatic N) is 2. The van der Waals surface area contributed by atoms with E-state index in [0.29, 0.717) is 16.9 Å². The lowest BCUT2D eigenvalue weighted by Gasteiger charge is -2.16. The molecule has 2 aromatic carbocycles. The summed E-state index contributed by atoms with van der Waals surface area (Å²) in [6.07, 6.45) is 3.11. The van der Waals surface area contributed by atoms with Gasteiger partial charge in [0, 0.05) is 41.3 Å². The zero-order valence-corrected chi connectivity index (χ0v) is 19.8. The van der Waals surface area contributed by atoms with Crippen LogP contribution in [0.5, 0.6) is 5.75 Å². The first-order valence-corrected chi connectivity index (χ1v) is 11.2. The topological polar surface area (TPSA) is 123 Å². The maximum absolute atomic E-state index is 12.6. The minimum absolute atomic E-state index is 0.164. The number of aromatic amines is 1. The van der Waals surface area contributed by atoms with E-state index in [9.17, 15) is 9.59 Å². The Kier molecular flexibility index (Phi) is 6.91. The van der Waals surface area contributed by atoms with Gasteiger partial charge in [-0.05, 0) is 67.8 Å². The Balaban J connectivity index is 1.39. The van der Waals surface area contributed by atoms with Crippen LogP contribution in [-0.2, 0) is 6.54 Å². The van der Waals surface area contributed by atoms with Gasteiger partial charge in [-0.25, -0.2) is 9.97 Å². The smallest absolute Gasteiger partial charge is 0.253 e. The molecule has 8 nitrogen and oxygen atoms in total. The zero-order chi connectivity index (χ0) is 24.9. The molecular weight excluding hydrogens is 442 g/mol. The Labute approximate surface area is 203 Å². The van der Waals surface area contributed by atoms with Gasteiger partial charge in [0.25, 0.3) is 11.5 Å². The van der Waals surface area contributed by atoms with Gasteiger partial charge in [-0.1, -0.05) is 24.3 Å². The molecule has 35 heavy (non-hydrogen) atoms. The highest BCUT2D eigenvalue weighted by Gasteiger charge is 2.12. The molecule has 0 saturated carbocycles. The lowest BCUT2D eigenvalue weighted by atomic mass is 10.1. The van der Waals surface area contributed by atoms with Crippen LogP contribution in [0.1, 0.15) is 45.8 Å². The van der Waals surface area contributed by atoms with Gasteiger partial charge in [0.1, 0.15) is 11.9 Å². The highest BCUT2D eigenvalue weighted by molar-refractivity contribution is 5.94. The number of amides is 1. The van der Waals surface area contributed by atoms with E-state index in [1.165, 1.54) is 0 Å². The van der Waals surface area contributed by atoms with E-state index >= 15 is 0 Å². The van der Waals surface area contributed by atoms with Gasteiger partial charge in [0.05, 0.1) is 0 Å². The third-order valence-electron chi connectivity index (χ3n) is 5.71. The predicted molar refractivity (Wildman–Crippen MR) is 135 cm³/mol. The molecule has 0 aliphatic carbocycles. The number of H-pyrrole nitrogens is 1. The fourth-order valence-corrected chi connectivity index (χ4v) is 3.79. The Morgan fingerprint density at radius 3 is 2.46 bits per heavy atom. The highest BCUT2D eigenvalue weighted by Crippen LogP contribution is 2.27. The van der Waals surface area contributed by atoms with Crippen LogP contribution in [-0.4, -0.2) is 20.9 Å². The van der Waals surface area contributed by atoms with Gasteiger partial charge in [-0.15, -0.1) is 0 Å². The van der Waals surface area contributed by atoms with Gasteiger partial charge in [-0.3, -0.25) is 9.59 Å². The number of ether oxygens (including phenoxy) is 1. The van der Waals surface area contributed by atoms with Crippen LogP contribution in [0.15, 0.2) is 71.8 Å². The molecule has 1 atom stereocenters. The second kappa shape index (κ2) is 10.2. The van der Waals surface area contributed by atoms with E-state index in [-0.39, 0.29) is 30.1 Å². The van der Waals surface area contributed by atoms with E-state index in [1.54, 1.807) is 24.5 Å². The first-order valence-electron chi connectivity index (χ1n) is 11.2. The molecule has 2 heterocycles. The Morgan fingerprint density at radius 2 is 1.77 bits per heavy atom. The normalized spacial score (nSPS) is 11.6. The van der Waals surface area contributed by atoms with Crippen LogP contribution >= 0.6 is 0 Å². The van der Waals surface area contributed by atoms with Crippen LogP contribution in [0.25, 0.3) is 11.1 Å². The molecule has 1 amide bonds. The van der Waals surface area contributed by atoms with Crippen LogP contribution in [0.2, 0.25) is 0 Å². The van der Waals surface area contributed by atoms with Crippen molar-refractivity contribution >= 4 is 11.9 Å². The van der Waals surface area contributed by atoms with Crippen LogP contribution in [0, 0.1) is 13.8 Å². The second-order valence-corrected chi connectivity index (χ2v) is 8.37. The molecule has 2 aromatic heterocycles. The monoisotopic (exact) mass is 469 g/mol. The summed E-state index contributed by atoms with van der Waals surface area (Å²) in [6, 6.07) is 16.8. The van der Waals surface area contributed by atoms with Gasteiger partial charge in [0.2, 0.25) is 5.95 Å². The Morgan fingerprint density at radius 1 is 1.06 bits per heavy atom. The molecule has 178 valence electrons. The molecule has 0 bridgehead atoms. The number of carbonyl (C=O) groups is 1. The molecule has 0 saturated heterocycles. The van der Waals surface area contributed by atoms with Crippen molar-refractivity contribution in [1.29, 1.82) is 0 Å². The van der Waals surface area contributed by atoms with Crippen molar-refractivity contribution in [3.8, 4) is 16.9 Å². The van der Waals surface area contributed by atoms with Gasteiger partial charge in [0.15, 0.2) is 0 Å². The summed E-state index contributed by atoms with van der Waals surface area (Å²) in [6.45, 7) is 5.80. The number of nitrogens with one attached hydrogen (secondary N) is 2. The van der Waals surface area contributed by atoms with E-state index in [2.05, 4.69) is 20.3 Å². The van der Waals surface area contributed by atoms with Crippen molar-refractivity contribution in [2.45, 2.75) is 33.4 Å². The molecule has 4 rings (SSSR count). The lowest BCUT2D eigenvalue weighted by molar-refractivity contribution is 0.0950. The van der Waals surface area contributed by atoms with Gasteiger partial charge in [-0.2, -0.15) is 0 Å². The van der Waals surface area contributed by atoms with Gasteiger partial charge >= 0.3 is 0 Å². The Hall–Kier alpha value is -4.46.